The minimum absolute atomic E-state index is 0.0114. The van der Waals surface area contributed by atoms with Crippen molar-refractivity contribution in [3.05, 3.63) is 0 Å². The summed E-state index contributed by atoms with van der Waals surface area (Å²) in [4.78, 5) is 35.2. The number of rotatable bonds is 50. The van der Waals surface area contributed by atoms with Gasteiger partial charge in [-0.25, -0.2) is 4.57 Å². The number of unbranched alkanes of at least 4 members (excludes halogenated alkanes) is 36. The summed E-state index contributed by atoms with van der Waals surface area (Å²) in [6.45, 7) is 4.30. The second kappa shape index (κ2) is 47.5. The molecule has 0 radical (unpaired) electrons. The maximum Gasteiger partial charge on any atom is 0.472 e. The van der Waals surface area contributed by atoms with Crippen LogP contribution in [0.25, 0.3) is 0 Å². The van der Waals surface area contributed by atoms with Crippen LogP contribution >= 0.6 is 7.82 Å². The first-order chi connectivity index (χ1) is 29.3. The van der Waals surface area contributed by atoms with Gasteiger partial charge in [0.2, 0.25) is 0 Å². The number of phosphoric ester groups is 1. The maximum absolute atomic E-state index is 12.7. The zero-order valence-electron chi connectivity index (χ0n) is 39.9. The average Bonchev–Trinajstić information content (AvgIpc) is 3.23. The molecule has 2 unspecified atom stereocenters. The van der Waals surface area contributed by atoms with Crippen molar-refractivity contribution in [3.63, 3.8) is 0 Å². The molecule has 0 saturated heterocycles. The number of ether oxygens (including phenoxy) is 2. The van der Waals surface area contributed by atoms with Crippen LogP contribution in [0.5, 0.6) is 0 Å². The Labute approximate surface area is 371 Å². The van der Waals surface area contributed by atoms with Gasteiger partial charge in [0.05, 0.1) is 13.2 Å². The van der Waals surface area contributed by atoms with E-state index >= 15 is 0 Å². The van der Waals surface area contributed by atoms with Crippen molar-refractivity contribution in [1.29, 1.82) is 0 Å². The number of phosphoric acid groups is 1. The highest BCUT2D eigenvalue weighted by atomic mass is 31.2. The Morgan fingerprint density at radius 1 is 0.450 bits per heavy atom. The third kappa shape index (κ3) is 46.5. The quantitative estimate of drug-likeness (QED) is 0.0350. The van der Waals surface area contributed by atoms with Crippen molar-refractivity contribution in [2.24, 2.45) is 0 Å². The lowest BCUT2D eigenvalue weighted by Gasteiger charge is -2.20. The summed E-state index contributed by atoms with van der Waals surface area (Å²) in [7, 11) is -2.64. The Morgan fingerprint density at radius 2 is 0.750 bits per heavy atom. The van der Waals surface area contributed by atoms with Crippen LogP contribution in [-0.4, -0.2) is 56.3 Å². The van der Waals surface area contributed by atoms with Crippen molar-refractivity contribution < 1.29 is 37.6 Å². The number of nitrogens with one attached hydrogen (secondary N) is 1. The highest BCUT2D eigenvalue weighted by molar-refractivity contribution is 7.47. The summed E-state index contributed by atoms with van der Waals surface area (Å²) >= 11 is 0. The summed E-state index contributed by atoms with van der Waals surface area (Å²) in [5.74, 6) is -0.784. The lowest BCUT2D eigenvalue weighted by molar-refractivity contribution is -0.161. The Hall–Kier alpha value is -0.990. The van der Waals surface area contributed by atoms with E-state index < -0.39 is 26.5 Å². The van der Waals surface area contributed by atoms with Crippen LogP contribution in [-0.2, 0) is 32.7 Å². The first kappa shape index (κ1) is 59.0. The minimum atomic E-state index is -4.35. The zero-order chi connectivity index (χ0) is 43.9. The highest BCUT2D eigenvalue weighted by Gasteiger charge is 2.26. The molecule has 10 heteroatoms. The van der Waals surface area contributed by atoms with E-state index in [0.29, 0.717) is 13.0 Å². The van der Waals surface area contributed by atoms with Gasteiger partial charge in [0.1, 0.15) is 6.61 Å². The summed E-state index contributed by atoms with van der Waals surface area (Å²) in [5.41, 5.74) is 0. The molecule has 0 rings (SSSR count). The summed E-state index contributed by atoms with van der Waals surface area (Å²) in [5, 5.41) is 2.84. The minimum Gasteiger partial charge on any atom is -0.462 e. The van der Waals surface area contributed by atoms with Crippen LogP contribution in [0.4, 0.5) is 0 Å². The number of carbonyl (C=O) groups excluding carboxylic acids is 2. The summed E-state index contributed by atoms with van der Waals surface area (Å²) in [6, 6.07) is 0. The molecule has 2 N–H and O–H groups in total. The number of esters is 2. The first-order valence-electron chi connectivity index (χ1n) is 26.0. The van der Waals surface area contributed by atoms with Crippen LogP contribution in [0.15, 0.2) is 0 Å². The molecule has 0 fully saturated rings. The normalized spacial score (nSPS) is 13.1. The van der Waals surface area contributed by atoms with E-state index in [1.165, 1.54) is 205 Å². The zero-order valence-corrected chi connectivity index (χ0v) is 40.8. The van der Waals surface area contributed by atoms with E-state index in [2.05, 4.69) is 19.2 Å². The lowest BCUT2D eigenvalue weighted by atomic mass is 10.0. The molecule has 0 aliphatic carbocycles. The molecule has 0 saturated carbocycles. The number of carbonyl (C=O) groups is 2. The Kier molecular flexibility index (Phi) is 46.7. The van der Waals surface area contributed by atoms with Crippen molar-refractivity contribution in [3.8, 4) is 0 Å². The van der Waals surface area contributed by atoms with Crippen LogP contribution in [0, 0.1) is 0 Å². The van der Waals surface area contributed by atoms with Crippen LogP contribution in [0.1, 0.15) is 271 Å². The van der Waals surface area contributed by atoms with Crippen molar-refractivity contribution in [1.82, 2.24) is 5.32 Å². The second-order valence-corrected chi connectivity index (χ2v) is 19.2. The smallest absolute Gasteiger partial charge is 0.462 e. The maximum atomic E-state index is 12.7. The Bertz CT molecular complexity index is 953. The third-order valence-corrected chi connectivity index (χ3v) is 12.7. The van der Waals surface area contributed by atoms with Gasteiger partial charge in [-0.1, -0.05) is 245 Å². The van der Waals surface area contributed by atoms with Crippen LogP contribution < -0.4 is 5.32 Å². The molecule has 358 valence electrons. The predicted molar refractivity (Wildman–Crippen MR) is 253 cm³/mol. The van der Waals surface area contributed by atoms with Gasteiger partial charge in [-0.05, 0) is 19.9 Å². The Balaban J connectivity index is 4.05. The highest BCUT2D eigenvalue weighted by Crippen LogP contribution is 2.43. The standard InChI is InChI=1S/C50H100NO8P/c1-4-6-8-10-12-14-16-18-20-22-23-24-25-27-29-31-33-35-37-39-41-43-50(53)59-48(47-58-60(54,55)57-45-44-51-3)46-56-49(52)42-40-38-36-34-32-30-28-26-21-19-17-15-13-11-9-7-5-2/h48,51H,4-47H2,1-3H3,(H,54,55). The molecule has 60 heavy (non-hydrogen) atoms. The van der Waals surface area contributed by atoms with Gasteiger partial charge in [0, 0.05) is 19.4 Å². The van der Waals surface area contributed by atoms with Gasteiger partial charge in [-0.3, -0.25) is 18.6 Å². The van der Waals surface area contributed by atoms with Gasteiger partial charge in [-0.15, -0.1) is 0 Å². The number of hydrogen-bond donors (Lipinski definition) is 2. The number of likely N-dealkylation sites (N-methyl/N-ethyl adjacent to an activating group) is 1. The predicted octanol–water partition coefficient (Wildman–Crippen LogP) is 15.4. The van der Waals surface area contributed by atoms with E-state index in [0.717, 1.165) is 38.5 Å². The van der Waals surface area contributed by atoms with Gasteiger partial charge in [0.25, 0.3) is 0 Å². The topological polar surface area (TPSA) is 120 Å². The molecular weight excluding hydrogens is 774 g/mol. The fourth-order valence-electron chi connectivity index (χ4n) is 7.79. The van der Waals surface area contributed by atoms with Crippen LogP contribution in [0.2, 0.25) is 0 Å². The third-order valence-electron chi connectivity index (χ3n) is 11.7. The largest absolute Gasteiger partial charge is 0.472 e. The van der Waals surface area contributed by atoms with Crippen molar-refractivity contribution in [2.75, 3.05) is 33.4 Å². The van der Waals surface area contributed by atoms with Crippen LogP contribution in [0.3, 0.4) is 0 Å². The van der Waals surface area contributed by atoms with E-state index in [1.54, 1.807) is 7.05 Å². The molecule has 9 nitrogen and oxygen atoms in total. The fraction of sp³-hybridized carbons (Fsp3) is 0.960. The SMILES string of the molecule is CCCCCCCCCCCCCCCCCCCCCCCC(=O)OC(COC(=O)CCCCCCCCCCCCCCCCCCC)COP(=O)(O)OCCNC. The van der Waals surface area contributed by atoms with Gasteiger partial charge < -0.3 is 19.7 Å². The fourth-order valence-corrected chi connectivity index (χ4v) is 8.54. The average molecular weight is 874 g/mol. The molecule has 0 aromatic carbocycles. The first-order valence-corrected chi connectivity index (χ1v) is 27.5. The number of hydrogen-bond acceptors (Lipinski definition) is 8. The summed E-state index contributed by atoms with van der Waals surface area (Å²) in [6.07, 6.45) is 48.7. The van der Waals surface area contributed by atoms with E-state index in [4.69, 9.17) is 18.5 Å². The second-order valence-electron chi connectivity index (χ2n) is 17.7. The molecule has 0 amide bonds. The molecule has 0 aliphatic rings. The lowest BCUT2D eigenvalue weighted by Crippen LogP contribution is -2.29. The van der Waals surface area contributed by atoms with E-state index in [-0.39, 0.29) is 25.6 Å². The molecule has 0 spiro atoms. The monoisotopic (exact) mass is 874 g/mol. The van der Waals surface area contributed by atoms with Gasteiger partial charge >= 0.3 is 19.8 Å². The Morgan fingerprint density at radius 3 is 1.07 bits per heavy atom. The molecule has 0 aromatic rings. The molecule has 2 atom stereocenters. The van der Waals surface area contributed by atoms with E-state index in [1.807, 2.05) is 0 Å². The van der Waals surface area contributed by atoms with Crippen molar-refractivity contribution in [2.45, 2.75) is 277 Å². The molecule has 0 aromatic heterocycles. The van der Waals surface area contributed by atoms with E-state index in [9.17, 15) is 19.0 Å². The van der Waals surface area contributed by atoms with Gasteiger partial charge in [0.15, 0.2) is 6.10 Å². The van der Waals surface area contributed by atoms with Crippen molar-refractivity contribution >= 4 is 19.8 Å². The summed E-state index contributed by atoms with van der Waals surface area (Å²) < 4.78 is 33.4. The molecule has 0 heterocycles. The molecule has 0 aliphatic heterocycles. The van der Waals surface area contributed by atoms with Gasteiger partial charge in [-0.2, -0.15) is 0 Å². The molecular formula is C50H100NO8P. The molecule has 0 bridgehead atoms.